The van der Waals surface area contributed by atoms with E-state index >= 15 is 0 Å². The van der Waals surface area contributed by atoms with Crippen molar-refractivity contribution in [2.24, 2.45) is 0 Å². The molecule has 2 aromatic heterocycles. The Morgan fingerprint density at radius 2 is 2.09 bits per heavy atom. The lowest BCUT2D eigenvalue weighted by Gasteiger charge is -2.07. The van der Waals surface area contributed by atoms with Crippen molar-refractivity contribution in [1.29, 1.82) is 0 Å². The molecule has 22 heavy (non-hydrogen) atoms. The van der Waals surface area contributed by atoms with E-state index in [0.717, 1.165) is 0 Å². The number of methoxy groups -OCH3 is 1. The highest BCUT2D eigenvalue weighted by Crippen LogP contribution is 2.17. The molecule has 0 atom stereocenters. The summed E-state index contributed by atoms with van der Waals surface area (Å²) in [6.45, 7) is 0. The first-order chi connectivity index (χ1) is 10.7. The Kier molecular flexibility index (Phi) is 3.57. The van der Waals surface area contributed by atoms with Crippen molar-refractivity contribution in [3.8, 4) is 5.75 Å². The molecule has 0 aliphatic heterocycles. The van der Waals surface area contributed by atoms with Crippen LogP contribution in [-0.2, 0) is 0 Å². The number of aromatic amines is 1. The average Bonchev–Trinajstić information content (AvgIpc) is 2.54. The number of nitrogens with one attached hydrogen (secondary N) is 2. The van der Waals surface area contributed by atoms with Crippen LogP contribution in [0.15, 0.2) is 53.5 Å². The van der Waals surface area contributed by atoms with Gasteiger partial charge in [-0.15, -0.1) is 0 Å². The van der Waals surface area contributed by atoms with Gasteiger partial charge in [-0.2, -0.15) is 0 Å². The van der Waals surface area contributed by atoms with Crippen LogP contribution < -0.4 is 15.6 Å². The number of benzene rings is 1. The minimum absolute atomic E-state index is 0.0309. The third kappa shape index (κ3) is 2.67. The monoisotopic (exact) mass is 295 g/mol. The number of anilines is 1. The summed E-state index contributed by atoms with van der Waals surface area (Å²) in [5.41, 5.74) is 0.551. The van der Waals surface area contributed by atoms with Crippen molar-refractivity contribution in [1.82, 2.24) is 9.97 Å². The van der Waals surface area contributed by atoms with Crippen molar-refractivity contribution >= 4 is 22.6 Å². The highest BCUT2D eigenvalue weighted by atomic mass is 16.5. The standard InChI is InChI=1S/C16H13N3O3/c1-22-12-6-2-5-11(9-12)18-15(20)13-8-10-4-3-7-17-14(10)19-16(13)21/h2-9H,1H3,(H,18,20)(H,17,19,21). The van der Waals surface area contributed by atoms with E-state index in [-0.39, 0.29) is 5.56 Å². The van der Waals surface area contributed by atoms with Gasteiger partial charge in [0.25, 0.3) is 11.5 Å². The minimum atomic E-state index is -0.486. The van der Waals surface area contributed by atoms with Gasteiger partial charge in [-0.25, -0.2) is 4.98 Å². The summed E-state index contributed by atoms with van der Waals surface area (Å²) in [4.78, 5) is 30.9. The van der Waals surface area contributed by atoms with E-state index in [4.69, 9.17) is 4.74 Å². The van der Waals surface area contributed by atoms with Gasteiger partial charge in [0.2, 0.25) is 0 Å². The summed E-state index contributed by atoms with van der Waals surface area (Å²) in [5.74, 6) is 0.134. The molecule has 0 bridgehead atoms. The van der Waals surface area contributed by atoms with Crippen molar-refractivity contribution < 1.29 is 9.53 Å². The molecule has 110 valence electrons. The third-order valence-electron chi connectivity index (χ3n) is 3.19. The zero-order chi connectivity index (χ0) is 15.5. The molecule has 3 rings (SSSR count). The molecule has 0 fully saturated rings. The van der Waals surface area contributed by atoms with E-state index < -0.39 is 11.5 Å². The van der Waals surface area contributed by atoms with Gasteiger partial charge in [-0.3, -0.25) is 9.59 Å². The Morgan fingerprint density at radius 3 is 2.91 bits per heavy atom. The fraction of sp³-hybridized carbons (Fsp3) is 0.0625. The lowest BCUT2D eigenvalue weighted by atomic mass is 10.2. The van der Waals surface area contributed by atoms with Crippen LogP contribution in [0.1, 0.15) is 10.4 Å². The topological polar surface area (TPSA) is 84.1 Å². The normalized spacial score (nSPS) is 10.4. The SMILES string of the molecule is COc1cccc(NC(=O)c2cc3cccnc3[nH]c2=O)c1. The smallest absolute Gasteiger partial charge is 0.262 e. The maximum absolute atomic E-state index is 12.3. The van der Waals surface area contributed by atoms with E-state index in [1.165, 1.54) is 6.07 Å². The second-order valence-corrected chi connectivity index (χ2v) is 4.64. The van der Waals surface area contributed by atoms with Gasteiger partial charge in [-0.1, -0.05) is 6.07 Å². The molecular weight excluding hydrogens is 282 g/mol. The first kappa shape index (κ1) is 13.8. The largest absolute Gasteiger partial charge is 0.497 e. The van der Waals surface area contributed by atoms with Crippen molar-refractivity contribution in [3.05, 3.63) is 64.6 Å². The second kappa shape index (κ2) is 5.69. The van der Waals surface area contributed by atoms with Gasteiger partial charge in [0.05, 0.1) is 7.11 Å². The third-order valence-corrected chi connectivity index (χ3v) is 3.19. The van der Waals surface area contributed by atoms with E-state index in [1.54, 1.807) is 49.7 Å². The summed E-state index contributed by atoms with van der Waals surface area (Å²) in [5, 5.41) is 3.37. The van der Waals surface area contributed by atoms with Crippen LogP contribution in [0.4, 0.5) is 5.69 Å². The number of nitrogens with zero attached hydrogens (tertiary/aromatic N) is 1. The molecular formula is C16H13N3O3. The number of amides is 1. The van der Waals surface area contributed by atoms with Crippen LogP contribution in [0.5, 0.6) is 5.75 Å². The van der Waals surface area contributed by atoms with Gasteiger partial charge < -0.3 is 15.0 Å². The molecule has 1 amide bonds. The van der Waals surface area contributed by atoms with Crippen LogP contribution >= 0.6 is 0 Å². The molecule has 0 unspecified atom stereocenters. The number of fused-ring (bicyclic) bond motifs is 1. The Balaban J connectivity index is 1.94. The number of ether oxygens (including phenoxy) is 1. The van der Waals surface area contributed by atoms with Crippen LogP contribution in [0, 0.1) is 0 Å². The van der Waals surface area contributed by atoms with Crippen molar-refractivity contribution in [2.75, 3.05) is 12.4 Å². The van der Waals surface area contributed by atoms with Crippen molar-refractivity contribution in [3.63, 3.8) is 0 Å². The van der Waals surface area contributed by atoms with E-state index in [1.807, 2.05) is 0 Å². The highest BCUT2D eigenvalue weighted by molar-refractivity contribution is 6.05. The van der Waals surface area contributed by atoms with Crippen LogP contribution in [0.3, 0.4) is 0 Å². The summed E-state index contributed by atoms with van der Waals surface area (Å²) >= 11 is 0. The van der Waals surface area contributed by atoms with Gasteiger partial charge in [0, 0.05) is 23.3 Å². The molecule has 0 aliphatic rings. The summed E-state index contributed by atoms with van der Waals surface area (Å²) in [7, 11) is 1.54. The number of hydrogen-bond donors (Lipinski definition) is 2. The number of H-pyrrole nitrogens is 1. The Hall–Kier alpha value is -3.15. The second-order valence-electron chi connectivity index (χ2n) is 4.64. The lowest BCUT2D eigenvalue weighted by molar-refractivity contribution is 0.102. The number of carbonyl (C=O) groups excluding carboxylic acids is 1. The lowest BCUT2D eigenvalue weighted by Crippen LogP contribution is -2.23. The molecule has 0 radical (unpaired) electrons. The fourth-order valence-electron chi connectivity index (χ4n) is 2.10. The molecule has 0 saturated heterocycles. The van der Waals surface area contributed by atoms with Crippen LogP contribution in [-0.4, -0.2) is 23.0 Å². The predicted octanol–water partition coefficient (Wildman–Crippen LogP) is 2.18. The Morgan fingerprint density at radius 1 is 1.23 bits per heavy atom. The number of pyridine rings is 2. The average molecular weight is 295 g/mol. The maximum Gasteiger partial charge on any atom is 0.262 e. The fourth-order valence-corrected chi connectivity index (χ4v) is 2.10. The van der Waals surface area contributed by atoms with Crippen LogP contribution in [0.25, 0.3) is 11.0 Å². The molecule has 3 aromatic rings. The number of rotatable bonds is 3. The number of hydrogen-bond acceptors (Lipinski definition) is 4. The van der Waals surface area contributed by atoms with E-state index in [0.29, 0.717) is 22.5 Å². The number of carbonyl (C=O) groups is 1. The molecule has 0 saturated carbocycles. The molecule has 0 aliphatic carbocycles. The Bertz CT molecular complexity index is 902. The molecule has 2 N–H and O–H groups in total. The molecule has 6 nitrogen and oxygen atoms in total. The summed E-state index contributed by atoms with van der Waals surface area (Å²) < 4.78 is 5.10. The van der Waals surface area contributed by atoms with E-state index in [2.05, 4.69) is 15.3 Å². The van der Waals surface area contributed by atoms with Gasteiger partial charge in [0.1, 0.15) is 17.0 Å². The molecule has 6 heteroatoms. The maximum atomic E-state index is 12.3. The molecule has 0 spiro atoms. The summed E-state index contributed by atoms with van der Waals surface area (Å²) in [6.07, 6.45) is 1.58. The first-order valence-corrected chi connectivity index (χ1v) is 6.61. The van der Waals surface area contributed by atoms with Crippen LogP contribution in [0.2, 0.25) is 0 Å². The molecule has 2 heterocycles. The Labute approximate surface area is 125 Å². The zero-order valence-corrected chi connectivity index (χ0v) is 11.8. The van der Waals surface area contributed by atoms with E-state index in [9.17, 15) is 9.59 Å². The van der Waals surface area contributed by atoms with Crippen molar-refractivity contribution in [2.45, 2.75) is 0 Å². The first-order valence-electron chi connectivity index (χ1n) is 6.61. The van der Waals surface area contributed by atoms with Gasteiger partial charge in [0.15, 0.2) is 0 Å². The summed E-state index contributed by atoms with van der Waals surface area (Å²) in [6, 6.07) is 12.0. The van der Waals surface area contributed by atoms with Gasteiger partial charge in [-0.05, 0) is 30.3 Å². The van der Waals surface area contributed by atoms with Gasteiger partial charge >= 0.3 is 0 Å². The highest BCUT2D eigenvalue weighted by Gasteiger charge is 2.12. The molecule has 1 aromatic carbocycles. The quantitative estimate of drug-likeness (QED) is 0.775. The minimum Gasteiger partial charge on any atom is -0.497 e. The zero-order valence-electron chi connectivity index (χ0n) is 11.8. The number of aromatic nitrogens is 2. The predicted molar refractivity (Wildman–Crippen MR) is 83.3 cm³/mol.